The molecule has 3 heteroatoms. The van der Waals surface area contributed by atoms with Gasteiger partial charge in [0, 0.05) is 41.5 Å². The van der Waals surface area contributed by atoms with E-state index in [2.05, 4.69) is 38.3 Å². The Kier molecular flexibility index (Phi) is 2.92. The summed E-state index contributed by atoms with van der Waals surface area (Å²) in [6.45, 7) is 1.21. The third-order valence-electron chi connectivity index (χ3n) is 3.56. The van der Waals surface area contributed by atoms with Crippen molar-refractivity contribution in [2.75, 3.05) is 13.6 Å². The molecule has 2 aliphatic rings. The molecule has 0 amide bonds. The van der Waals surface area contributed by atoms with Crippen molar-refractivity contribution in [3.05, 3.63) is 0 Å². The van der Waals surface area contributed by atoms with Crippen LogP contribution in [0.1, 0.15) is 25.7 Å². The lowest BCUT2D eigenvalue weighted by Gasteiger charge is -2.36. The molecule has 0 aliphatic carbocycles. The highest BCUT2D eigenvalue weighted by atomic mass is 127. The van der Waals surface area contributed by atoms with E-state index in [1.165, 1.54) is 32.2 Å². The largest absolute Gasteiger partial charge is 0.300 e. The first-order valence-electron chi connectivity index (χ1n) is 4.86. The van der Waals surface area contributed by atoms with Gasteiger partial charge in [0.05, 0.1) is 0 Å². The zero-order valence-corrected chi connectivity index (χ0v) is 9.75. The molecule has 2 saturated heterocycles. The number of piperidine rings is 1. The normalized spacial score (nSPS) is 42.0. The highest BCUT2D eigenvalue weighted by Crippen LogP contribution is 2.36. The number of rotatable bonds is 2. The van der Waals surface area contributed by atoms with Crippen molar-refractivity contribution < 1.29 is 0 Å². The van der Waals surface area contributed by atoms with E-state index in [1.54, 1.807) is 0 Å². The van der Waals surface area contributed by atoms with Gasteiger partial charge in [0.2, 0.25) is 0 Å². The lowest BCUT2D eigenvalue weighted by molar-refractivity contribution is 0.136. The molecule has 2 nitrogen and oxygen atoms in total. The van der Waals surface area contributed by atoms with E-state index >= 15 is 0 Å². The van der Waals surface area contributed by atoms with Gasteiger partial charge >= 0.3 is 0 Å². The molecule has 0 saturated carbocycles. The van der Waals surface area contributed by atoms with Gasteiger partial charge in [0.15, 0.2) is 0 Å². The number of halogens is 1. The van der Waals surface area contributed by atoms with Gasteiger partial charge in [-0.25, -0.2) is 0 Å². The molecular formula is C9H17IN2. The molecule has 70 valence electrons. The first-order valence-corrected chi connectivity index (χ1v) is 5.94. The second-order valence-electron chi connectivity index (χ2n) is 4.23. The molecule has 2 rings (SSSR count). The average molecular weight is 280 g/mol. The highest BCUT2D eigenvalue weighted by Gasteiger charge is 2.37. The van der Waals surface area contributed by atoms with E-state index in [4.69, 9.17) is 0 Å². The molecular weight excluding hydrogens is 263 g/mol. The highest BCUT2D eigenvalue weighted by molar-refractivity contribution is 14.1. The second-order valence-corrected chi connectivity index (χ2v) is 4.99. The summed E-state index contributed by atoms with van der Waals surface area (Å²) in [5.74, 6) is 0.940. The number of nitrogens with one attached hydrogen (secondary N) is 1. The van der Waals surface area contributed by atoms with Crippen LogP contribution in [0.15, 0.2) is 0 Å². The molecule has 0 aromatic rings. The van der Waals surface area contributed by atoms with E-state index in [0.717, 1.165) is 18.0 Å². The molecule has 2 unspecified atom stereocenters. The maximum atomic E-state index is 3.27. The quantitative estimate of drug-likeness (QED) is 0.613. The topological polar surface area (TPSA) is 15.3 Å². The molecule has 0 aromatic heterocycles. The standard InChI is InChI=1S/C9H17IN2/c1-12-8-2-3-9(12)5-7(4-8)6-11-10/h7-9,11H,2-6H2,1H3. The van der Waals surface area contributed by atoms with Crippen LogP contribution in [0.2, 0.25) is 0 Å². The fourth-order valence-electron chi connectivity index (χ4n) is 2.80. The molecule has 2 aliphatic heterocycles. The number of hydrogen-bond donors (Lipinski definition) is 1. The van der Waals surface area contributed by atoms with Gasteiger partial charge < -0.3 is 4.90 Å². The van der Waals surface area contributed by atoms with Gasteiger partial charge in [0.1, 0.15) is 0 Å². The summed E-state index contributed by atoms with van der Waals surface area (Å²) in [5.41, 5.74) is 0. The fraction of sp³-hybridized carbons (Fsp3) is 1.00. The van der Waals surface area contributed by atoms with Gasteiger partial charge in [-0.2, -0.15) is 0 Å². The van der Waals surface area contributed by atoms with Crippen LogP contribution in [0.3, 0.4) is 0 Å². The Morgan fingerprint density at radius 2 is 1.92 bits per heavy atom. The zero-order valence-electron chi connectivity index (χ0n) is 7.59. The third-order valence-corrected chi connectivity index (χ3v) is 4.00. The first-order chi connectivity index (χ1) is 5.81. The Hall–Kier alpha value is 0.650. The number of fused-ring (bicyclic) bond motifs is 2. The summed E-state index contributed by atoms with van der Waals surface area (Å²) in [7, 11) is 2.30. The minimum absolute atomic E-state index is 0.901. The van der Waals surface area contributed by atoms with Gasteiger partial charge in [-0.1, -0.05) is 0 Å². The van der Waals surface area contributed by atoms with Crippen LogP contribution in [0.5, 0.6) is 0 Å². The molecule has 2 fully saturated rings. The summed E-state index contributed by atoms with van der Waals surface area (Å²) in [6.07, 6.45) is 5.73. The monoisotopic (exact) mass is 280 g/mol. The second kappa shape index (κ2) is 3.80. The fourth-order valence-corrected chi connectivity index (χ4v) is 3.42. The Bertz CT molecular complexity index is 149. The Labute approximate surface area is 88.6 Å². The van der Waals surface area contributed by atoms with Gasteiger partial charge in [-0.05, 0) is 38.6 Å². The molecule has 2 atom stereocenters. The maximum Gasteiger partial charge on any atom is 0.0169 e. The van der Waals surface area contributed by atoms with Gasteiger partial charge in [-0.3, -0.25) is 3.53 Å². The number of nitrogens with zero attached hydrogens (tertiary/aromatic N) is 1. The predicted octanol–water partition coefficient (Wildman–Crippen LogP) is 1.80. The smallest absolute Gasteiger partial charge is 0.0169 e. The third kappa shape index (κ3) is 1.63. The minimum Gasteiger partial charge on any atom is -0.300 e. The Balaban J connectivity index is 1.93. The van der Waals surface area contributed by atoms with E-state index in [9.17, 15) is 0 Å². The first kappa shape index (κ1) is 9.21. The van der Waals surface area contributed by atoms with Crippen LogP contribution in [0.25, 0.3) is 0 Å². The van der Waals surface area contributed by atoms with E-state index in [-0.39, 0.29) is 0 Å². The van der Waals surface area contributed by atoms with Crippen molar-refractivity contribution in [3.63, 3.8) is 0 Å². The van der Waals surface area contributed by atoms with Crippen LogP contribution >= 0.6 is 22.9 Å². The van der Waals surface area contributed by atoms with Crippen molar-refractivity contribution in [1.29, 1.82) is 0 Å². The lowest BCUT2D eigenvalue weighted by Crippen LogP contribution is -2.41. The van der Waals surface area contributed by atoms with E-state index in [1.807, 2.05) is 0 Å². The lowest BCUT2D eigenvalue weighted by atomic mass is 9.91. The molecule has 0 spiro atoms. The van der Waals surface area contributed by atoms with Crippen molar-refractivity contribution in [2.24, 2.45) is 5.92 Å². The average Bonchev–Trinajstić information content (AvgIpc) is 2.33. The van der Waals surface area contributed by atoms with Crippen LogP contribution in [-0.4, -0.2) is 30.6 Å². The molecule has 0 aromatic carbocycles. The summed E-state index contributed by atoms with van der Waals surface area (Å²) < 4.78 is 3.27. The van der Waals surface area contributed by atoms with Crippen molar-refractivity contribution in [1.82, 2.24) is 8.43 Å². The van der Waals surface area contributed by atoms with Crippen molar-refractivity contribution >= 4 is 22.9 Å². The van der Waals surface area contributed by atoms with Crippen molar-refractivity contribution in [2.45, 2.75) is 37.8 Å². The van der Waals surface area contributed by atoms with Crippen LogP contribution in [-0.2, 0) is 0 Å². The van der Waals surface area contributed by atoms with E-state index < -0.39 is 0 Å². The van der Waals surface area contributed by atoms with Crippen LogP contribution in [0.4, 0.5) is 0 Å². The molecule has 1 N–H and O–H groups in total. The minimum atomic E-state index is 0.901. The molecule has 2 bridgehead atoms. The summed E-state index contributed by atoms with van der Waals surface area (Å²) in [5, 5.41) is 0. The molecule has 2 heterocycles. The zero-order chi connectivity index (χ0) is 8.55. The SMILES string of the molecule is CN1C2CCC1CC(CNI)C2. The molecule has 0 radical (unpaired) electrons. The van der Waals surface area contributed by atoms with Crippen LogP contribution < -0.4 is 3.53 Å². The molecule has 12 heavy (non-hydrogen) atoms. The Morgan fingerprint density at radius 1 is 1.33 bits per heavy atom. The maximum absolute atomic E-state index is 3.27. The van der Waals surface area contributed by atoms with Gasteiger partial charge in [0.25, 0.3) is 0 Å². The van der Waals surface area contributed by atoms with Crippen LogP contribution in [0, 0.1) is 5.92 Å². The van der Waals surface area contributed by atoms with Gasteiger partial charge in [-0.15, -0.1) is 0 Å². The number of hydrogen-bond acceptors (Lipinski definition) is 2. The van der Waals surface area contributed by atoms with Crippen molar-refractivity contribution in [3.8, 4) is 0 Å². The summed E-state index contributed by atoms with van der Waals surface area (Å²) in [6, 6.07) is 1.80. The summed E-state index contributed by atoms with van der Waals surface area (Å²) in [4.78, 5) is 2.60. The predicted molar refractivity (Wildman–Crippen MR) is 59.3 cm³/mol. The van der Waals surface area contributed by atoms with E-state index in [0.29, 0.717) is 0 Å². The summed E-state index contributed by atoms with van der Waals surface area (Å²) >= 11 is 2.27. The Morgan fingerprint density at radius 3 is 2.42 bits per heavy atom.